The molecule has 0 aliphatic carbocycles. The zero-order valence-corrected chi connectivity index (χ0v) is 26.3. The van der Waals surface area contributed by atoms with Gasteiger partial charge in [-0.1, -0.05) is 6.07 Å². The second-order valence-electron chi connectivity index (χ2n) is 12.8. The molecule has 1 saturated heterocycles. The molecule has 0 radical (unpaired) electrons. The average molecular weight is 583 g/mol. The Balaban J connectivity index is 1.48. The van der Waals surface area contributed by atoms with Crippen molar-refractivity contribution in [3.63, 3.8) is 0 Å². The van der Waals surface area contributed by atoms with Gasteiger partial charge in [0.1, 0.15) is 18.2 Å². The van der Waals surface area contributed by atoms with Crippen molar-refractivity contribution in [3.8, 4) is 5.75 Å². The number of sulfonamides is 1. The minimum absolute atomic E-state index is 0.208. The summed E-state index contributed by atoms with van der Waals surface area (Å²) in [5, 5.41) is 7.04. The van der Waals surface area contributed by atoms with Crippen LogP contribution >= 0.6 is 0 Å². The maximum atomic E-state index is 13.0. The van der Waals surface area contributed by atoms with Gasteiger partial charge in [0.05, 0.1) is 4.90 Å². The second-order valence-corrected chi connectivity index (χ2v) is 14.5. The van der Waals surface area contributed by atoms with E-state index in [1.54, 1.807) is 18.2 Å². The number of nitrogens with zero attached hydrogens (tertiary/aromatic N) is 3. The summed E-state index contributed by atoms with van der Waals surface area (Å²) in [4.78, 5) is 9.64. The molecule has 0 amide bonds. The van der Waals surface area contributed by atoms with Crippen LogP contribution in [0.1, 0.15) is 61.3 Å². The van der Waals surface area contributed by atoms with E-state index in [1.165, 1.54) is 25.9 Å². The predicted octanol–water partition coefficient (Wildman–Crippen LogP) is 5.46. The molecule has 0 spiro atoms. The molecule has 1 unspecified atom stereocenters. The van der Waals surface area contributed by atoms with Crippen LogP contribution in [0, 0.1) is 0 Å². The Morgan fingerprint density at radius 3 is 2.29 bits per heavy atom. The van der Waals surface area contributed by atoms with Crippen LogP contribution < -0.4 is 20.1 Å². The highest BCUT2D eigenvalue weighted by molar-refractivity contribution is 7.89. The summed E-state index contributed by atoms with van der Waals surface area (Å²) in [5.41, 5.74) is 1.65. The molecule has 2 aliphatic heterocycles. The Morgan fingerprint density at radius 1 is 0.976 bits per heavy atom. The molecule has 41 heavy (non-hydrogen) atoms. The first kappa shape index (κ1) is 30.9. The lowest BCUT2D eigenvalue weighted by Gasteiger charge is -2.45. The lowest BCUT2D eigenvalue weighted by molar-refractivity contribution is 0.143. The fourth-order valence-electron chi connectivity index (χ4n) is 5.02. The van der Waals surface area contributed by atoms with E-state index in [9.17, 15) is 8.42 Å². The van der Waals surface area contributed by atoms with Crippen LogP contribution in [0.4, 0.5) is 11.4 Å². The summed E-state index contributed by atoms with van der Waals surface area (Å²) in [6.07, 6.45) is 4.03. The van der Waals surface area contributed by atoms with E-state index in [2.05, 4.69) is 45.9 Å². The largest absolute Gasteiger partial charge is 0.492 e. The van der Waals surface area contributed by atoms with E-state index in [4.69, 9.17) is 9.73 Å². The van der Waals surface area contributed by atoms with Crippen molar-refractivity contribution in [1.82, 2.24) is 14.5 Å². The van der Waals surface area contributed by atoms with Crippen molar-refractivity contribution in [2.75, 3.05) is 36.9 Å². The highest BCUT2D eigenvalue weighted by Gasteiger charge is 2.34. The van der Waals surface area contributed by atoms with Crippen LogP contribution in [0.5, 0.6) is 5.75 Å². The van der Waals surface area contributed by atoms with Crippen molar-refractivity contribution < 1.29 is 13.2 Å². The van der Waals surface area contributed by atoms with Gasteiger partial charge in [-0.25, -0.2) is 18.1 Å². The normalized spacial score (nSPS) is 18.6. The Hall–Kier alpha value is -3.08. The molecular formula is C31H46N6O3S. The zero-order chi connectivity index (χ0) is 29.8. The molecule has 4 rings (SSSR count). The van der Waals surface area contributed by atoms with Gasteiger partial charge in [0, 0.05) is 40.8 Å². The monoisotopic (exact) mass is 582 g/mol. The minimum atomic E-state index is -3.67. The van der Waals surface area contributed by atoms with Crippen LogP contribution in [-0.4, -0.2) is 68.0 Å². The lowest BCUT2D eigenvalue weighted by atomic mass is 10.0. The molecule has 1 fully saturated rings. The van der Waals surface area contributed by atoms with Crippen LogP contribution in [0.2, 0.25) is 0 Å². The Kier molecular flexibility index (Phi) is 9.35. The molecule has 224 valence electrons. The van der Waals surface area contributed by atoms with Crippen molar-refractivity contribution in [2.24, 2.45) is 4.99 Å². The fraction of sp³-hybridized carbons (Fsp3) is 0.516. The van der Waals surface area contributed by atoms with Gasteiger partial charge in [0.15, 0.2) is 6.29 Å². The van der Waals surface area contributed by atoms with Crippen LogP contribution in [0.15, 0.2) is 69.8 Å². The van der Waals surface area contributed by atoms with E-state index >= 15 is 0 Å². The lowest BCUT2D eigenvalue weighted by Crippen LogP contribution is -2.53. The standard InChI is InChI=1S/C31H46N6O3S/c1-23-22-32-29(34-24-13-15-26(16-14-24)40-20-19-36-17-8-9-18-36)37(31(5,6)7)28(23)33-25-11-10-12-27(21-25)41(38,39)35-30(2,3)4/h10-16,21-22,29,33-35H,8-9,17-20H2,1-7H3. The molecule has 0 aromatic heterocycles. The van der Waals surface area contributed by atoms with E-state index < -0.39 is 15.6 Å². The van der Waals surface area contributed by atoms with E-state index in [1.807, 2.05) is 64.2 Å². The Labute approximate surface area is 246 Å². The van der Waals surface area contributed by atoms with E-state index in [-0.39, 0.29) is 16.7 Å². The zero-order valence-electron chi connectivity index (χ0n) is 25.5. The van der Waals surface area contributed by atoms with Gasteiger partial charge < -0.3 is 20.3 Å². The minimum Gasteiger partial charge on any atom is -0.492 e. The molecule has 0 bridgehead atoms. The SMILES string of the molecule is CC1=C(Nc2cccc(S(=O)(=O)NC(C)(C)C)c2)N(C(C)(C)C)C(Nc2ccc(OCCN3CCCC3)cc2)N=C1. The van der Waals surface area contributed by atoms with Gasteiger partial charge in [0.25, 0.3) is 0 Å². The first-order valence-electron chi connectivity index (χ1n) is 14.4. The maximum Gasteiger partial charge on any atom is 0.241 e. The highest BCUT2D eigenvalue weighted by atomic mass is 32.2. The second kappa shape index (κ2) is 12.4. The number of likely N-dealkylation sites (tertiary alicyclic amines) is 1. The molecule has 2 heterocycles. The third-order valence-electron chi connectivity index (χ3n) is 6.86. The van der Waals surface area contributed by atoms with Gasteiger partial charge in [-0.15, -0.1) is 0 Å². The first-order valence-corrected chi connectivity index (χ1v) is 15.9. The van der Waals surface area contributed by atoms with Crippen molar-refractivity contribution in [3.05, 3.63) is 59.9 Å². The number of nitrogens with one attached hydrogen (secondary N) is 3. The smallest absolute Gasteiger partial charge is 0.241 e. The van der Waals surface area contributed by atoms with E-state index in [0.717, 1.165) is 29.4 Å². The molecule has 0 saturated carbocycles. The van der Waals surface area contributed by atoms with Crippen molar-refractivity contribution >= 4 is 27.6 Å². The molecule has 2 aliphatic rings. The average Bonchev–Trinajstić information content (AvgIpc) is 3.39. The number of aliphatic imine (C=N–C) groups is 1. The summed E-state index contributed by atoms with van der Waals surface area (Å²) in [5.74, 6) is 1.70. The first-order chi connectivity index (χ1) is 19.2. The van der Waals surface area contributed by atoms with Gasteiger partial charge >= 0.3 is 0 Å². The Bertz CT molecular complexity index is 1350. The molecule has 1 atom stereocenters. The molecule has 2 aromatic carbocycles. The molecular weight excluding hydrogens is 536 g/mol. The van der Waals surface area contributed by atoms with E-state index in [0.29, 0.717) is 12.3 Å². The van der Waals surface area contributed by atoms with Crippen LogP contribution in [-0.2, 0) is 10.0 Å². The number of hydrogen-bond donors (Lipinski definition) is 3. The van der Waals surface area contributed by atoms with Crippen molar-refractivity contribution in [2.45, 2.75) is 83.6 Å². The summed E-state index contributed by atoms with van der Waals surface area (Å²) in [6, 6.07) is 14.9. The summed E-state index contributed by atoms with van der Waals surface area (Å²) < 4.78 is 34.6. The van der Waals surface area contributed by atoms with Crippen LogP contribution in [0.25, 0.3) is 0 Å². The maximum absolute atomic E-state index is 13.0. The molecule has 2 aromatic rings. The summed E-state index contributed by atoms with van der Waals surface area (Å²) in [7, 11) is -3.67. The summed E-state index contributed by atoms with van der Waals surface area (Å²) >= 11 is 0. The number of rotatable bonds is 10. The number of allylic oxidation sites excluding steroid dienone is 1. The highest BCUT2D eigenvalue weighted by Crippen LogP contribution is 2.31. The van der Waals surface area contributed by atoms with Crippen molar-refractivity contribution in [1.29, 1.82) is 0 Å². The number of ether oxygens (including phenoxy) is 1. The predicted molar refractivity (Wildman–Crippen MR) is 168 cm³/mol. The fourth-order valence-corrected chi connectivity index (χ4v) is 6.48. The number of anilines is 2. The van der Waals surface area contributed by atoms with Gasteiger partial charge in [-0.2, -0.15) is 0 Å². The van der Waals surface area contributed by atoms with Gasteiger partial charge in [0.2, 0.25) is 10.0 Å². The number of benzene rings is 2. The molecule has 10 heteroatoms. The Morgan fingerprint density at radius 2 is 1.66 bits per heavy atom. The topological polar surface area (TPSA) is 98.3 Å². The number of hydrogen-bond acceptors (Lipinski definition) is 8. The quantitative estimate of drug-likeness (QED) is 0.342. The third-order valence-corrected chi connectivity index (χ3v) is 8.62. The molecule has 3 N–H and O–H groups in total. The summed E-state index contributed by atoms with van der Waals surface area (Å²) in [6.45, 7) is 17.8. The van der Waals surface area contributed by atoms with Gasteiger partial charge in [-0.3, -0.25) is 4.90 Å². The van der Waals surface area contributed by atoms with Gasteiger partial charge in [-0.05, 0) is 117 Å². The third kappa shape index (κ3) is 8.47. The molecule has 9 nitrogen and oxygen atoms in total. The van der Waals surface area contributed by atoms with Crippen LogP contribution in [0.3, 0.4) is 0 Å².